The van der Waals surface area contributed by atoms with E-state index in [0.29, 0.717) is 0 Å². The van der Waals surface area contributed by atoms with Crippen LogP contribution in [-0.2, 0) is 6.42 Å². The zero-order valence-corrected chi connectivity index (χ0v) is 10.9. The Morgan fingerprint density at radius 3 is 2.71 bits per heavy atom. The summed E-state index contributed by atoms with van der Waals surface area (Å²) < 4.78 is 5.25. The van der Waals surface area contributed by atoms with E-state index in [1.54, 1.807) is 7.11 Å². The van der Waals surface area contributed by atoms with Gasteiger partial charge in [-0.15, -0.1) is 0 Å². The van der Waals surface area contributed by atoms with Crippen molar-refractivity contribution in [2.75, 3.05) is 7.11 Å². The van der Waals surface area contributed by atoms with Gasteiger partial charge in [0.1, 0.15) is 5.75 Å². The number of hydrogen-bond acceptors (Lipinski definition) is 2. The fourth-order valence-electron chi connectivity index (χ4n) is 2.70. The van der Waals surface area contributed by atoms with E-state index >= 15 is 0 Å². The van der Waals surface area contributed by atoms with E-state index in [0.717, 1.165) is 30.9 Å². The van der Waals surface area contributed by atoms with Gasteiger partial charge in [-0.2, -0.15) is 0 Å². The van der Waals surface area contributed by atoms with Gasteiger partial charge in [0.05, 0.1) is 7.11 Å². The van der Waals surface area contributed by atoms with Gasteiger partial charge in [-0.1, -0.05) is 19.1 Å². The maximum absolute atomic E-state index is 6.50. The van der Waals surface area contributed by atoms with Crippen molar-refractivity contribution < 1.29 is 4.74 Å². The highest BCUT2D eigenvalue weighted by Crippen LogP contribution is 2.32. The molecule has 2 N–H and O–H groups in total. The van der Waals surface area contributed by atoms with Crippen molar-refractivity contribution >= 4 is 0 Å². The van der Waals surface area contributed by atoms with Gasteiger partial charge in [0, 0.05) is 5.54 Å². The molecule has 0 saturated heterocycles. The highest BCUT2D eigenvalue weighted by molar-refractivity contribution is 5.29. The third-order valence-corrected chi connectivity index (χ3v) is 3.96. The van der Waals surface area contributed by atoms with E-state index in [-0.39, 0.29) is 5.54 Å². The molecule has 1 aromatic carbocycles. The molecule has 2 heteroatoms. The summed E-state index contributed by atoms with van der Waals surface area (Å²) in [5.41, 5.74) is 7.80. The van der Waals surface area contributed by atoms with E-state index in [1.165, 1.54) is 18.4 Å². The molecule has 0 spiro atoms. The van der Waals surface area contributed by atoms with E-state index in [4.69, 9.17) is 10.5 Å². The minimum Gasteiger partial charge on any atom is -0.497 e. The first-order valence-electron chi connectivity index (χ1n) is 6.53. The molecule has 2 rings (SSSR count). The predicted octanol–water partition coefficient (Wildman–Crippen LogP) is 3.15. The minimum absolute atomic E-state index is 0.00112. The summed E-state index contributed by atoms with van der Waals surface area (Å²) in [4.78, 5) is 0. The van der Waals surface area contributed by atoms with Gasteiger partial charge < -0.3 is 10.5 Å². The van der Waals surface area contributed by atoms with Gasteiger partial charge in [-0.3, -0.25) is 0 Å². The molecule has 0 atom stereocenters. The van der Waals surface area contributed by atoms with Crippen molar-refractivity contribution in [1.82, 2.24) is 0 Å². The molecule has 1 fully saturated rings. The van der Waals surface area contributed by atoms with Gasteiger partial charge >= 0.3 is 0 Å². The Balaban J connectivity index is 2.04. The van der Waals surface area contributed by atoms with Crippen molar-refractivity contribution in [3.05, 3.63) is 29.8 Å². The lowest BCUT2D eigenvalue weighted by molar-refractivity contribution is 0.243. The number of ether oxygens (including phenoxy) is 1. The molecule has 1 saturated carbocycles. The summed E-state index contributed by atoms with van der Waals surface area (Å²) in [6.45, 7) is 2.32. The second-order valence-electron chi connectivity index (χ2n) is 5.57. The van der Waals surface area contributed by atoms with Crippen LogP contribution in [0.25, 0.3) is 0 Å². The Morgan fingerprint density at radius 1 is 1.35 bits per heavy atom. The van der Waals surface area contributed by atoms with Crippen molar-refractivity contribution in [1.29, 1.82) is 0 Å². The third-order valence-electron chi connectivity index (χ3n) is 3.96. The first kappa shape index (κ1) is 12.4. The molecule has 0 aromatic heterocycles. The Hall–Kier alpha value is -1.02. The van der Waals surface area contributed by atoms with E-state index < -0.39 is 0 Å². The molecular formula is C15H23NO. The molecule has 0 aliphatic heterocycles. The molecule has 0 heterocycles. The lowest BCUT2D eigenvalue weighted by Gasteiger charge is -2.36. The van der Waals surface area contributed by atoms with Gasteiger partial charge in [0.25, 0.3) is 0 Å². The maximum Gasteiger partial charge on any atom is 0.119 e. The molecule has 17 heavy (non-hydrogen) atoms. The maximum atomic E-state index is 6.50. The van der Waals surface area contributed by atoms with Crippen LogP contribution in [0.5, 0.6) is 5.75 Å². The first-order chi connectivity index (χ1) is 8.11. The van der Waals surface area contributed by atoms with E-state index in [2.05, 4.69) is 19.1 Å². The first-order valence-corrected chi connectivity index (χ1v) is 6.53. The van der Waals surface area contributed by atoms with Crippen LogP contribution in [0.15, 0.2) is 24.3 Å². The molecule has 2 nitrogen and oxygen atoms in total. The number of benzene rings is 1. The van der Waals surface area contributed by atoms with Crippen molar-refractivity contribution in [3.63, 3.8) is 0 Å². The van der Waals surface area contributed by atoms with Crippen LogP contribution in [0.3, 0.4) is 0 Å². The monoisotopic (exact) mass is 233 g/mol. The van der Waals surface area contributed by atoms with Gasteiger partial charge in [0.15, 0.2) is 0 Å². The van der Waals surface area contributed by atoms with Crippen molar-refractivity contribution in [3.8, 4) is 5.75 Å². The summed E-state index contributed by atoms with van der Waals surface area (Å²) in [6.07, 6.45) is 5.79. The molecule has 1 aliphatic carbocycles. The van der Waals surface area contributed by atoms with Crippen LogP contribution in [0.4, 0.5) is 0 Å². The quantitative estimate of drug-likeness (QED) is 0.870. The van der Waals surface area contributed by atoms with E-state index in [9.17, 15) is 0 Å². The van der Waals surface area contributed by atoms with Gasteiger partial charge in [-0.25, -0.2) is 0 Å². The van der Waals surface area contributed by atoms with E-state index in [1.807, 2.05) is 12.1 Å². The number of methoxy groups -OCH3 is 1. The topological polar surface area (TPSA) is 35.2 Å². The van der Waals surface area contributed by atoms with Crippen LogP contribution in [0, 0.1) is 5.92 Å². The molecule has 1 aromatic rings. The fraction of sp³-hybridized carbons (Fsp3) is 0.600. The number of rotatable bonds is 3. The Kier molecular flexibility index (Phi) is 3.72. The highest BCUT2D eigenvalue weighted by atomic mass is 16.5. The Bertz CT molecular complexity index is 367. The largest absolute Gasteiger partial charge is 0.497 e. The van der Waals surface area contributed by atoms with Crippen molar-refractivity contribution in [2.24, 2.45) is 11.7 Å². The minimum atomic E-state index is -0.00112. The van der Waals surface area contributed by atoms with Crippen LogP contribution < -0.4 is 10.5 Å². The number of hydrogen-bond donors (Lipinski definition) is 1. The third kappa shape index (κ3) is 3.22. The van der Waals surface area contributed by atoms with Crippen LogP contribution in [-0.4, -0.2) is 12.6 Å². The normalized spacial score (nSPS) is 29.0. The summed E-state index contributed by atoms with van der Waals surface area (Å²) in [6, 6.07) is 8.28. The second kappa shape index (κ2) is 5.09. The summed E-state index contributed by atoms with van der Waals surface area (Å²) in [5, 5.41) is 0. The summed E-state index contributed by atoms with van der Waals surface area (Å²) in [7, 11) is 1.71. The van der Waals surface area contributed by atoms with Gasteiger partial charge in [0.2, 0.25) is 0 Å². The molecule has 1 aliphatic rings. The lowest BCUT2D eigenvalue weighted by atomic mass is 9.75. The zero-order valence-electron chi connectivity index (χ0n) is 10.9. The predicted molar refractivity (Wildman–Crippen MR) is 71.2 cm³/mol. The SMILES string of the molecule is COc1cccc(CC2(N)CCC(C)CC2)c1. The molecule has 94 valence electrons. The Morgan fingerprint density at radius 2 is 2.06 bits per heavy atom. The molecule has 0 amide bonds. The molecule has 0 unspecified atom stereocenters. The standard InChI is InChI=1S/C15H23NO/c1-12-6-8-15(16,9-7-12)11-13-4-3-5-14(10-13)17-2/h3-5,10,12H,6-9,11,16H2,1-2H3. The van der Waals surface area contributed by atoms with Gasteiger partial charge in [-0.05, 0) is 55.7 Å². The molecule has 0 bridgehead atoms. The van der Waals surface area contributed by atoms with Crippen LogP contribution in [0.2, 0.25) is 0 Å². The molecular weight excluding hydrogens is 210 g/mol. The average molecular weight is 233 g/mol. The van der Waals surface area contributed by atoms with Crippen LogP contribution >= 0.6 is 0 Å². The fourth-order valence-corrected chi connectivity index (χ4v) is 2.70. The zero-order chi connectivity index (χ0) is 12.3. The van der Waals surface area contributed by atoms with Crippen molar-refractivity contribution in [2.45, 2.75) is 44.6 Å². The summed E-state index contributed by atoms with van der Waals surface area (Å²) >= 11 is 0. The summed E-state index contributed by atoms with van der Waals surface area (Å²) in [5.74, 6) is 1.77. The second-order valence-corrected chi connectivity index (χ2v) is 5.57. The Labute approximate surface area is 104 Å². The average Bonchev–Trinajstić information content (AvgIpc) is 2.33. The number of nitrogens with two attached hydrogens (primary N) is 1. The molecule has 0 radical (unpaired) electrons. The highest BCUT2D eigenvalue weighted by Gasteiger charge is 2.30. The van der Waals surface area contributed by atoms with Crippen LogP contribution in [0.1, 0.15) is 38.2 Å². The lowest BCUT2D eigenvalue weighted by Crippen LogP contribution is -2.45. The smallest absolute Gasteiger partial charge is 0.119 e.